The molecular formula is C20H29NO2. The summed E-state index contributed by atoms with van der Waals surface area (Å²) in [6, 6.07) is 7.99. The molecule has 2 aromatic rings. The maximum Gasteiger partial charge on any atom is 0.254 e. The second kappa shape index (κ2) is 6.03. The SMILES string of the molecule is COc1ccc2cc(C(C)(C)C)c(=O)n(CCC(C)(C)C)c2c1. The van der Waals surface area contributed by atoms with Gasteiger partial charge in [0.25, 0.3) is 5.56 Å². The lowest BCUT2D eigenvalue weighted by atomic mass is 9.87. The fraction of sp³-hybridized carbons (Fsp3) is 0.550. The molecule has 1 aromatic heterocycles. The van der Waals surface area contributed by atoms with Crippen LogP contribution in [0.15, 0.2) is 29.1 Å². The Kier molecular flexibility index (Phi) is 4.61. The van der Waals surface area contributed by atoms with Crippen molar-refractivity contribution in [2.45, 2.75) is 59.9 Å². The number of rotatable bonds is 3. The lowest BCUT2D eigenvalue weighted by molar-refractivity contribution is 0.349. The lowest BCUT2D eigenvalue weighted by Crippen LogP contribution is -2.31. The third kappa shape index (κ3) is 3.95. The normalized spacial score (nSPS) is 12.7. The van der Waals surface area contributed by atoms with E-state index in [9.17, 15) is 4.79 Å². The molecule has 0 atom stereocenters. The Labute approximate surface area is 139 Å². The molecule has 0 radical (unpaired) electrons. The number of aromatic nitrogens is 1. The molecule has 3 nitrogen and oxygen atoms in total. The number of fused-ring (bicyclic) bond motifs is 1. The number of hydrogen-bond acceptors (Lipinski definition) is 2. The Morgan fingerprint density at radius 3 is 2.22 bits per heavy atom. The summed E-state index contributed by atoms with van der Waals surface area (Å²) >= 11 is 0. The van der Waals surface area contributed by atoms with E-state index in [1.807, 2.05) is 28.8 Å². The van der Waals surface area contributed by atoms with Gasteiger partial charge in [0.2, 0.25) is 0 Å². The highest BCUT2D eigenvalue weighted by atomic mass is 16.5. The van der Waals surface area contributed by atoms with E-state index >= 15 is 0 Å². The minimum absolute atomic E-state index is 0.113. The van der Waals surface area contributed by atoms with Crippen molar-refractivity contribution in [3.05, 3.63) is 40.2 Å². The predicted octanol–water partition coefficient (Wildman–Crippen LogP) is 4.74. The minimum Gasteiger partial charge on any atom is -0.497 e. The number of benzene rings is 1. The van der Waals surface area contributed by atoms with Crippen molar-refractivity contribution in [1.82, 2.24) is 4.57 Å². The molecule has 0 amide bonds. The Balaban J connectivity index is 2.71. The third-order valence-electron chi connectivity index (χ3n) is 4.20. The molecule has 0 aliphatic carbocycles. The van der Waals surface area contributed by atoms with Crippen LogP contribution in [-0.2, 0) is 12.0 Å². The number of ether oxygens (including phenoxy) is 1. The third-order valence-corrected chi connectivity index (χ3v) is 4.20. The van der Waals surface area contributed by atoms with Gasteiger partial charge in [0.15, 0.2) is 0 Å². The maximum absolute atomic E-state index is 13.1. The van der Waals surface area contributed by atoms with Crippen molar-refractivity contribution in [3.8, 4) is 5.75 Å². The van der Waals surface area contributed by atoms with Gasteiger partial charge in [-0.15, -0.1) is 0 Å². The molecule has 126 valence electrons. The summed E-state index contributed by atoms with van der Waals surface area (Å²) in [5.74, 6) is 0.782. The van der Waals surface area contributed by atoms with Crippen molar-refractivity contribution in [3.63, 3.8) is 0 Å². The molecule has 0 unspecified atom stereocenters. The monoisotopic (exact) mass is 315 g/mol. The molecule has 0 saturated carbocycles. The largest absolute Gasteiger partial charge is 0.497 e. The summed E-state index contributed by atoms with van der Waals surface area (Å²) in [5.41, 5.74) is 1.94. The Hall–Kier alpha value is -1.77. The van der Waals surface area contributed by atoms with Crippen LogP contribution < -0.4 is 10.3 Å². The first-order valence-corrected chi connectivity index (χ1v) is 8.25. The number of aryl methyl sites for hydroxylation is 1. The number of pyridine rings is 1. The first kappa shape index (κ1) is 17.6. The first-order chi connectivity index (χ1) is 10.5. The van der Waals surface area contributed by atoms with Crippen molar-refractivity contribution in [1.29, 1.82) is 0 Å². The van der Waals surface area contributed by atoms with E-state index in [4.69, 9.17) is 4.74 Å². The summed E-state index contributed by atoms with van der Waals surface area (Å²) in [7, 11) is 1.66. The van der Waals surface area contributed by atoms with Crippen LogP contribution >= 0.6 is 0 Å². The van der Waals surface area contributed by atoms with E-state index in [0.29, 0.717) is 0 Å². The molecule has 0 saturated heterocycles. The van der Waals surface area contributed by atoms with E-state index in [1.54, 1.807) is 7.11 Å². The zero-order valence-corrected chi connectivity index (χ0v) is 15.5. The van der Waals surface area contributed by atoms with Crippen LogP contribution in [0.5, 0.6) is 5.75 Å². The topological polar surface area (TPSA) is 31.2 Å². The zero-order valence-electron chi connectivity index (χ0n) is 15.5. The summed E-state index contributed by atoms with van der Waals surface area (Å²) < 4.78 is 7.27. The van der Waals surface area contributed by atoms with Crippen LogP contribution in [-0.4, -0.2) is 11.7 Å². The molecule has 1 heterocycles. The fourth-order valence-corrected chi connectivity index (χ4v) is 2.68. The summed E-state index contributed by atoms with van der Waals surface area (Å²) in [6.45, 7) is 13.6. The van der Waals surface area contributed by atoms with Crippen LogP contribution in [0.3, 0.4) is 0 Å². The smallest absolute Gasteiger partial charge is 0.254 e. The summed E-state index contributed by atoms with van der Waals surface area (Å²) in [4.78, 5) is 13.1. The van der Waals surface area contributed by atoms with Gasteiger partial charge in [-0.1, -0.05) is 41.5 Å². The highest BCUT2D eigenvalue weighted by Gasteiger charge is 2.21. The fourth-order valence-electron chi connectivity index (χ4n) is 2.68. The van der Waals surface area contributed by atoms with Gasteiger partial charge in [-0.3, -0.25) is 4.79 Å². The van der Waals surface area contributed by atoms with Crippen LogP contribution in [0.4, 0.5) is 0 Å². The summed E-state index contributed by atoms with van der Waals surface area (Å²) in [5, 5.41) is 1.09. The molecule has 0 N–H and O–H groups in total. The number of nitrogens with zero attached hydrogens (tertiary/aromatic N) is 1. The number of hydrogen-bond donors (Lipinski definition) is 0. The highest BCUT2D eigenvalue weighted by Crippen LogP contribution is 2.27. The lowest BCUT2D eigenvalue weighted by Gasteiger charge is -2.24. The van der Waals surface area contributed by atoms with E-state index in [2.05, 4.69) is 41.5 Å². The van der Waals surface area contributed by atoms with Crippen molar-refractivity contribution < 1.29 is 4.74 Å². The predicted molar refractivity (Wildman–Crippen MR) is 97.5 cm³/mol. The molecule has 0 aliphatic rings. The average Bonchev–Trinajstić information content (AvgIpc) is 2.42. The van der Waals surface area contributed by atoms with Crippen LogP contribution in [0, 0.1) is 5.41 Å². The Bertz CT molecular complexity index is 758. The average molecular weight is 315 g/mol. The standard InChI is InChI=1S/C20H29NO2/c1-19(2,3)10-11-21-17-13-15(23-7)9-8-14(17)12-16(18(21)22)20(4,5)6/h8-9,12-13H,10-11H2,1-7H3. The van der Waals surface area contributed by atoms with Crippen LogP contribution in [0.25, 0.3) is 10.9 Å². The Morgan fingerprint density at radius 1 is 1.04 bits per heavy atom. The molecular weight excluding hydrogens is 286 g/mol. The van der Waals surface area contributed by atoms with Crippen molar-refractivity contribution in [2.24, 2.45) is 5.41 Å². The highest BCUT2D eigenvalue weighted by molar-refractivity contribution is 5.81. The molecule has 23 heavy (non-hydrogen) atoms. The van der Waals surface area contributed by atoms with Gasteiger partial charge in [0.1, 0.15) is 5.75 Å². The molecule has 0 aliphatic heterocycles. The second-order valence-electron chi connectivity index (χ2n) is 8.50. The van der Waals surface area contributed by atoms with Gasteiger partial charge in [0.05, 0.1) is 12.6 Å². The van der Waals surface area contributed by atoms with Crippen LogP contribution in [0.1, 0.15) is 53.5 Å². The van der Waals surface area contributed by atoms with E-state index in [0.717, 1.165) is 35.2 Å². The van der Waals surface area contributed by atoms with Crippen molar-refractivity contribution >= 4 is 10.9 Å². The van der Waals surface area contributed by atoms with E-state index in [-0.39, 0.29) is 16.4 Å². The minimum atomic E-state index is -0.172. The molecule has 0 fully saturated rings. The van der Waals surface area contributed by atoms with Gasteiger partial charge < -0.3 is 9.30 Å². The van der Waals surface area contributed by atoms with E-state index in [1.165, 1.54) is 0 Å². The van der Waals surface area contributed by atoms with Crippen molar-refractivity contribution in [2.75, 3.05) is 7.11 Å². The quantitative estimate of drug-likeness (QED) is 0.819. The van der Waals surface area contributed by atoms with Gasteiger partial charge in [-0.2, -0.15) is 0 Å². The molecule has 3 heteroatoms. The van der Waals surface area contributed by atoms with Gasteiger partial charge >= 0.3 is 0 Å². The molecule has 1 aromatic carbocycles. The van der Waals surface area contributed by atoms with Gasteiger partial charge in [-0.05, 0) is 40.8 Å². The van der Waals surface area contributed by atoms with Gasteiger partial charge in [-0.25, -0.2) is 0 Å². The molecule has 0 spiro atoms. The van der Waals surface area contributed by atoms with E-state index < -0.39 is 0 Å². The maximum atomic E-state index is 13.1. The van der Waals surface area contributed by atoms with Gasteiger partial charge in [0, 0.05) is 18.2 Å². The first-order valence-electron chi connectivity index (χ1n) is 8.25. The Morgan fingerprint density at radius 2 is 1.70 bits per heavy atom. The molecule has 0 bridgehead atoms. The number of methoxy groups -OCH3 is 1. The zero-order chi connectivity index (χ0) is 17.4. The summed E-state index contributed by atoms with van der Waals surface area (Å²) in [6.07, 6.45) is 0.951. The van der Waals surface area contributed by atoms with Crippen LogP contribution in [0.2, 0.25) is 0 Å². The molecule has 2 rings (SSSR count). The second-order valence-corrected chi connectivity index (χ2v) is 8.50.